The summed E-state index contributed by atoms with van der Waals surface area (Å²) in [5, 5.41) is 10.5. The Morgan fingerprint density at radius 2 is 1.56 bits per heavy atom. The molecule has 0 spiro atoms. The van der Waals surface area contributed by atoms with Crippen LogP contribution in [0.4, 0.5) is 0 Å². The molecule has 1 aromatic heterocycles. The predicted octanol–water partition coefficient (Wildman–Crippen LogP) is 4.17. The van der Waals surface area contributed by atoms with Crippen molar-refractivity contribution in [3.8, 4) is 0 Å². The molecule has 0 aliphatic rings. The van der Waals surface area contributed by atoms with E-state index >= 15 is 0 Å². The number of rotatable bonds is 10. The van der Waals surface area contributed by atoms with Gasteiger partial charge in [-0.05, 0) is 30.2 Å². The molecular formula is C23H27NO3. The standard InChI is InChI=1S/C23H27NO3/c1-19-12-13-23(27-19)16-24(14-20-8-4-2-5-9-20)15-22(25)18-26-17-21-10-6-3-7-11-21/h2-13,22,25H,14-18H2,1H3. The second-order valence-electron chi connectivity index (χ2n) is 6.82. The van der Waals surface area contributed by atoms with Gasteiger partial charge in [0.05, 0.1) is 25.9 Å². The Bertz CT molecular complexity index is 786. The van der Waals surface area contributed by atoms with Crippen LogP contribution in [0.25, 0.3) is 0 Å². The highest BCUT2D eigenvalue weighted by molar-refractivity contribution is 5.15. The molecular weight excluding hydrogens is 338 g/mol. The first-order valence-corrected chi connectivity index (χ1v) is 9.30. The Kier molecular flexibility index (Phi) is 7.22. The molecule has 1 atom stereocenters. The maximum absolute atomic E-state index is 10.5. The zero-order valence-electron chi connectivity index (χ0n) is 15.8. The monoisotopic (exact) mass is 365 g/mol. The van der Waals surface area contributed by atoms with Gasteiger partial charge in [0, 0.05) is 13.1 Å². The van der Waals surface area contributed by atoms with E-state index in [1.165, 1.54) is 5.56 Å². The van der Waals surface area contributed by atoms with E-state index in [9.17, 15) is 5.11 Å². The average molecular weight is 365 g/mol. The number of aryl methyl sites for hydroxylation is 1. The van der Waals surface area contributed by atoms with Crippen LogP contribution in [0.3, 0.4) is 0 Å². The number of hydrogen-bond donors (Lipinski definition) is 1. The van der Waals surface area contributed by atoms with Gasteiger partial charge in [-0.15, -0.1) is 0 Å². The van der Waals surface area contributed by atoms with Gasteiger partial charge in [-0.25, -0.2) is 0 Å². The van der Waals surface area contributed by atoms with E-state index in [0.29, 0.717) is 26.3 Å². The van der Waals surface area contributed by atoms with Crippen molar-refractivity contribution in [2.24, 2.45) is 0 Å². The zero-order chi connectivity index (χ0) is 18.9. The molecule has 0 saturated heterocycles. The van der Waals surface area contributed by atoms with Gasteiger partial charge in [0.25, 0.3) is 0 Å². The molecule has 0 amide bonds. The van der Waals surface area contributed by atoms with Crippen LogP contribution in [-0.4, -0.2) is 29.3 Å². The van der Waals surface area contributed by atoms with Gasteiger partial charge in [0.2, 0.25) is 0 Å². The van der Waals surface area contributed by atoms with Crippen LogP contribution in [0.15, 0.2) is 77.2 Å². The van der Waals surface area contributed by atoms with Crippen LogP contribution < -0.4 is 0 Å². The van der Waals surface area contributed by atoms with Crippen molar-refractivity contribution in [2.45, 2.75) is 32.7 Å². The highest BCUT2D eigenvalue weighted by atomic mass is 16.5. The van der Waals surface area contributed by atoms with Gasteiger partial charge in [0.1, 0.15) is 11.5 Å². The Labute approximate surface area is 161 Å². The second kappa shape index (κ2) is 10.1. The van der Waals surface area contributed by atoms with Gasteiger partial charge >= 0.3 is 0 Å². The van der Waals surface area contributed by atoms with Crippen LogP contribution in [0.1, 0.15) is 22.6 Å². The molecule has 0 fully saturated rings. The van der Waals surface area contributed by atoms with Crippen LogP contribution in [-0.2, 0) is 24.4 Å². The lowest BCUT2D eigenvalue weighted by Gasteiger charge is -2.24. The summed E-state index contributed by atoms with van der Waals surface area (Å²) in [6.07, 6.45) is -0.562. The van der Waals surface area contributed by atoms with Crippen molar-refractivity contribution in [1.29, 1.82) is 0 Å². The summed E-state index contributed by atoms with van der Waals surface area (Å²) in [5.41, 5.74) is 2.31. The van der Waals surface area contributed by atoms with Crippen LogP contribution >= 0.6 is 0 Å². The third-order valence-corrected chi connectivity index (χ3v) is 4.32. The lowest BCUT2D eigenvalue weighted by molar-refractivity contribution is 0.00610. The topological polar surface area (TPSA) is 45.8 Å². The molecule has 2 aromatic carbocycles. The maximum Gasteiger partial charge on any atom is 0.118 e. The summed E-state index contributed by atoms with van der Waals surface area (Å²) in [6.45, 7) is 4.67. The molecule has 3 aromatic rings. The summed E-state index contributed by atoms with van der Waals surface area (Å²) < 4.78 is 11.4. The Morgan fingerprint density at radius 1 is 0.889 bits per heavy atom. The van der Waals surface area contributed by atoms with E-state index in [2.05, 4.69) is 17.0 Å². The number of aliphatic hydroxyl groups is 1. The van der Waals surface area contributed by atoms with Crippen LogP contribution in [0.5, 0.6) is 0 Å². The Hall–Kier alpha value is -2.40. The molecule has 0 bridgehead atoms. The number of aliphatic hydroxyl groups excluding tert-OH is 1. The van der Waals surface area contributed by atoms with Gasteiger partial charge in [-0.2, -0.15) is 0 Å². The third-order valence-electron chi connectivity index (χ3n) is 4.32. The fourth-order valence-corrected chi connectivity index (χ4v) is 3.05. The first-order valence-electron chi connectivity index (χ1n) is 9.30. The molecule has 0 aliphatic carbocycles. The lowest BCUT2D eigenvalue weighted by atomic mass is 10.2. The van der Waals surface area contributed by atoms with E-state index in [1.807, 2.05) is 67.6 Å². The van der Waals surface area contributed by atoms with E-state index < -0.39 is 6.10 Å². The molecule has 1 N–H and O–H groups in total. The second-order valence-corrected chi connectivity index (χ2v) is 6.82. The lowest BCUT2D eigenvalue weighted by Crippen LogP contribution is -2.34. The van der Waals surface area contributed by atoms with E-state index in [-0.39, 0.29) is 0 Å². The largest absolute Gasteiger partial charge is 0.465 e. The van der Waals surface area contributed by atoms with Gasteiger partial charge in [-0.1, -0.05) is 60.7 Å². The van der Waals surface area contributed by atoms with Crippen molar-refractivity contribution in [3.05, 3.63) is 95.4 Å². The molecule has 3 rings (SSSR count). The molecule has 4 heteroatoms. The van der Waals surface area contributed by atoms with Crippen LogP contribution in [0, 0.1) is 6.92 Å². The van der Waals surface area contributed by atoms with E-state index in [4.69, 9.17) is 9.15 Å². The smallest absolute Gasteiger partial charge is 0.118 e. The summed E-state index contributed by atoms with van der Waals surface area (Å²) in [4.78, 5) is 2.18. The van der Waals surface area contributed by atoms with E-state index in [0.717, 1.165) is 23.6 Å². The normalized spacial score (nSPS) is 12.4. The quantitative estimate of drug-likeness (QED) is 0.586. The molecule has 0 aliphatic heterocycles. The van der Waals surface area contributed by atoms with Crippen molar-refractivity contribution in [1.82, 2.24) is 4.90 Å². The number of nitrogens with zero attached hydrogens (tertiary/aromatic N) is 1. The van der Waals surface area contributed by atoms with Crippen LogP contribution in [0.2, 0.25) is 0 Å². The first-order chi connectivity index (χ1) is 13.2. The van der Waals surface area contributed by atoms with Crippen molar-refractivity contribution in [3.63, 3.8) is 0 Å². The maximum atomic E-state index is 10.5. The van der Waals surface area contributed by atoms with Crippen molar-refractivity contribution >= 4 is 0 Å². The van der Waals surface area contributed by atoms with Gasteiger partial charge < -0.3 is 14.3 Å². The predicted molar refractivity (Wildman–Crippen MR) is 106 cm³/mol. The molecule has 0 saturated carbocycles. The Balaban J connectivity index is 1.54. The van der Waals surface area contributed by atoms with Gasteiger partial charge in [-0.3, -0.25) is 4.90 Å². The minimum atomic E-state index is -0.562. The summed E-state index contributed by atoms with van der Waals surface area (Å²) in [7, 11) is 0. The summed E-state index contributed by atoms with van der Waals surface area (Å²) in [5.74, 6) is 1.80. The minimum Gasteiger partial charge on any atom is -0.465 e. The number of hydrogen-bond acceptors (Lipinski definition) is 4. The van der Waals surface area contributed by atoms with Gasteiger partial charge in [0.15, 0.2) is 0 Å². The molecule has 4 nitrogen and oxygen atoms in total. The molecule has 142 valence electrons. The summed E-state index contributed by atoms with van der Waals surface area (Å²) >= 11 is 0. The Morgan fingerprint density at radius 3 is 2.19 bits per heavy atom. The number of ether oxygens (including phenoxy) is 1. The zero-order valence-corrected chi connectivity index (χ0v) is 15.8. The number of furan rings is 1. The number of benzene rings is 2. The van der Waals surface area contributed by atoms with E-state index in [1.54, 1.807) is 0 Å². The average Bonchev–Trinajstić information content (AvgIpc) is 3.08. The fourth-order valence-electron chi connectivity index (χ4n) is 3.05. The first kappa shape index (κ1) is 19.4. The molecule has 27 heavy (non-hydrogen) atoms. The molecule has 1 unspecified atom stereocenters. The SMILES string of the molecule is Cc1ccc(CN(Cc2ccccc2)CC(O)COCc2ccccc2)o1. The third kappa shape index (κ3) is 6.68. The fraction of sp³-hybridized carbons (Fsp3) is 0.304. The molecule has 0 radical (unpaired) electrons. The highest BCUT2D eigenvalue weighted by Gasteiger charge is 2.15. The minimum absolute atomic E-state index is 0.303. The molecule has 1 heterocycles. The van der Waals surface area contributed by atoms with Crippen molar-refractivity contribution in [2.75, 3.05) is 13.2 Å². The van der Waals surface area contributed by atoms with Crippen molar-refractivity contribution < 1.29 is 14.3 Å². The summed E-state index contributed by atoms with van der Waals surface area (Å²) in [6, 6.07) is 24.2. The highest BCUT2D eigenvalue weighted by Crippen LogP contribution is 2.13.